The van der Waals surface area contributed by atoms with Crippen molar-refractivity contribution < 1.29 is 14.7 Å². The van der Waals surface area contributed by atoms with Gasteiger partial charge >= 0.3 is 5.97 Å². The second kappa shape index (κ2) is 3.37. The van der Waals surface area contributed by atoms with Gasteiger partial charge in [0.25, 0.3) is 0 Å². The van der Waals surface area contributed by atoms with Crippen molar-refractivity contribution >= 4 is 11.7 Å². The lowest BCUT2D eigenvalue weighted by Crippen LogP contribution is -2.09. The van der Waals surface area contributed by atoms with Gasteiger partial charge in [-0.05, 0) is 12.8 Å². The molecule has 11 heavy (non-hydrogen) atoms. The second-order valence-corrected chi connectivity index (χ2v) is 2.62. The summed E-state index contributed by atoms with van der Waals surface area (Å²) in [6, 6.07) is 0. The van der Waals surface area contributed by atoms with Gasteiger partial charge in [-0.3, -0.25) is 4.79 Å². The van der Waals surface area contributed by atoms with Crippen molar-refractivity contribution in [3.63, 3.8) is 0 Å². The van der Waals surface area contributed by atoms with E-state index in [1.54, 1.807) is 0 Å². The van der Waals surface area contributed by atoms with Crippen molar-refractivity contribution in [1.29, 1.82) is 0 Å². The highest BCUT2D eigenvalue weighted by Crippen LogP contribution is 2.22. The van der Waals surface area contributed by atoms with Gasteiger partial charge in [0.1, 0.15) is 7.11 Å². The van der Waals surface area contributed by atoms with Crippen LogP contribution in [0.4, 0.5) is 0 Å². The Bertz CT molecular complexity index is 188. The Morgan fingerprint density at radius 3 is 3.00 bits per heavy atom. The van der Waals surface area contributed by atoms with Crippen molar-refractivity contribution in [2.24, 2.45) is 11.1 Å². The molecule has 0 aromatic carbocycles. The van der Waals surface area contributed by atoms with Crippen molar-refractivity contribution in [2.75, 3.05) is 7.11 Å². The number of carboxylic acid groups (broad SMARTS) is 1. The topological polar surface area (TPSA) is 58.9 Å². The van der Waals surface area contributed by atoms with Crippen LogP contribution >= 0.6 is 0 Å². The van der Waals surface area contributed by atoms with E-state index >= 15 is 0 Å². The SMILES string of the molecule is CO/N=C1\CC[C@H](C(=O)O)C1. The van der Waals surface area contributed by atoms with Crippen LogP contribution in [0.1, 0.15) is 19.3 Å². The van der Waals surface area contributed by atoms with Gasteiger partial charge in [0.15, 0.2) is 0 Å². The number of carboxylic acids is 1. The first-order valence-electron chi connectivity index (χ1n) is 3.55. The van der Waals surface area contributed by atoms with E-state index in [2.05, 4.69) is 9.99 Å². The van der Waals surface area contributed by atoms with Gasteiger partial charge in [0, 0.05) is 6.42 Å². The summed E-state index contributed by atoms with van der Waals surface area (Å²) < 4.78 is 0. The Morgan fingerprint density at radius 1 is 1.82 bits per heavy atom. The van der Waals surface area contributed by atoms with E-state index in [9.17, 15) is 4.79 Å². The van der Waals surface area contributed by atoms with Crippen LogP contribution in [0.5, 0.6) is 0 Å². The fourth-order valence-corrected chi connectivity index (χ4v) is 1.25. The van der Waals surface area contributed by atoms with Gasteiger partial charge in [-0.2, -0.15) is 0 Å². The molecule has 0 amide bonds. The third-order valence-corrected chi connectivity index (χ3v) is 1.83. The normalized spacial score (nSPS) is 27.4. The molecule has 0 heterocycles. The Balaban J connectivity index is 2.47. The molecule has 1 aliphatic carbocycles. The van der Waals surface area contributed by atoms with E-state index in [-0.39, 0.29) is 5.92 Å². The molecular weight excluding hydrogens is 146 g/mol. The average molecular weight is 157 g/mol. The quantitative estimate of drug-likeness (QED) is 0.605. The maximum Gasteiger partial charge on any atom is 0.306 e. The van der Waals surface area contributed by atoms with Crippen molar-refractivity contribution in [1.82, 2.24) is 0 Å². The Labute approximate surface area is 64.8 Å². The zero-order valence-electron chi connectivity index (χ0n) is 6.41. The number of rotatable bonds is 2. The van der Waals surface area contributed by atoms with E-state index in [0.717, 1.165) is 12.1 Å². The van der Waals surface area contributed by atoms with Gasteiger partial charge in [-0.15, -0.1) is 0 Å². The predicted molar refractivity (Wildman–Crippen MR) is 39.4 cm³/mol. The molecule has 1 saturated carbocycles. The summed E-state index contributed by atoms with van der Waals surface area (Å²) in [4.78, 5) is 15.0. The van der Waals surface area contributed by atoms with Crippen LogP contribution in [0.15, 0.2) is 5.16 Å². The van der Waals surface area contributed by atoms with Gasteiger partial charge in [0.2, 0.25) is 0 Å². The smallest absolute Gasteiger partial charge is 0.306 e. The largest absolute Gasteiger partial charge is 0.481 e. The number of oxime groups is 1. The molecule has 1 N–H and O–H groups in total. The minimum absolute atomic E-state index is 0.246. The van der Waals surface area contributed by atoms with Crippen molar-refractivity contribution in [2.45, 2.75) is 19.3 Å². The molecule has 0 aromatic rings. The summed E-state index contributed by atoms with van der Waals surface area (Å²) in [5.41, 5.74) is 0.861. The van der Waals surface area contributed by atoms with Crippen molar-refractivity contribution in [3.05, 3.63) is 0 Å². The lowest BCUT2D eigenvalue weighted by atomic mass is 10.1. The highest BCUT2D eigenvalue weighted by molar-refractivity contribution is 5.90. The number of aliphatic carboxylic acids is 1. The van der Waals surface area contributed by atoms with Crippen LogP contribution in [-0.2, 0) is 9.63 Å². The molecule has 0 bridgehead atoms. The van der Waals surface area contributed by atoms with Crippen LogP contribution in [0.3, 0.4) is 0 Å². The molecule has 62 valence electrons. The molecule has 0 saturated heterocycles. The third kappa shape index (κ3) is 1.93. The first-order valence-corrected chi connectivity index (χ1v) is 3.55. The van der Waals surface area contributed by atoms with Gasteiger partial charge in [0.05, 0.1) is 11.6 Å². The monoisotopic (exact) mass is 157 g/mol. The summed E-state index contributed by atoms with van der Waals surface area (Å²) in [5, 5.41) is 12.3. The molecule has 4 heteroatoms. The highest BCUT2D eigenvalue weighted by atomic mass is 16.6. The number of hydrogen-bond donors (Lipinski definition) is 1. The van der Waals surface area contributed by atoms with E-state index in [4.69, 9.17) is 5.11 Å². The molecule has 0 radical (unpaired) electrons. The Morgan fingerprint density at radius 2 is 2.55 bits per heavy atom. The first-order chi connectivity index (χ1) is 5.24. The molecule has 1 fully saturated rings. The maximum absolute atomic E-state index is 10.5. The molecule has 0 aromatic heterocycles. The Kier molecular flexibility index (Phi) is 2.46. The van der Waals surface area contributed by atoms with E-state index in [1.807, 2.05) is 0 Å². The number of nitrogens with zero attached hydrogens (tertiary/aromatic N) is 1. The molecule has 4 nitrogen and oxygen atoms in total. The standard InChI is InChI=1S/C7H11NO3/c1-11-8-6-3-2-5(4-6)7(9)10/h5H,2-4H2,1H3,(H,9,10)/b8-6+/t5-/m0/s1. The molecule has 0 unspecified atom stereocenters. The zero-order chi connectivity index (χ0) is 8.27. The molecule has 0 aliphatic heterocycles. The summed E-state index contributed by atoms with van der Waals surface area (Å²) in [7, 11) is 1.47. The fraction of sp³-hybridized carbons (Fsp3) is 0.714. The second-order valence-electron chi connectivity index (χ2n) is 2.62. The molecular formula is C7H11NO3. The molecule has 1 atom stereocenters. The summed E-state index contributed by atoms with van der Waals surface area (Å²) in [6.07, 6.45) is 1.99. The fourth-order valence-electron chi connectivity index (χ4n) is 1.25. The Hall–Kier alpha value is -1.06. The van der Waals surface area contributed by atoms with Gasteiger partial charge in [-0.25, -0.2) is 0 Å². The van der Waals surface area contributed by atoms with Crippen LogP contribution in [0, 0.1) is 5.92 Å². The minimum atomic E-state index is -0.730. The summed E-state index contributed by atoms with van der Waals surface area (Å²) >= 11 is 0. The lowest BCUT2D eigenvalue weighted by Gasteiger charge is -1.97. The highest BCUT2D eigenvalue weighted by Gasteiger charge is 2.26. The van der Waals surface area contributed by atoms with Crippen LogP contribution in [0.2, 0.25) is 0 Å². The van der Waals surface area contributed by atoms with Gasteiger partial charge < -0.3 is 9.94 Å². The number of hydrogen-bond acceptors (Lipinski definition) is 3. The average Bonchev–Trinajstić information content (AvgIpc) is 2.37. The molecule has 0 spiro atoms. The predicted octanol–water partition coefficient (Wildman–Crippen LogP) is 0.874. The van der Waals surface area contributed by atoms with E-state index in [1.165, 1.54) is 7.11 Å². The van der Waals surface area contributed by atoms with Gasteiger partial charge in [-0.1, -0.05) is 5.16 Å². The number of carbonyl (C=O) groups is 1. The van der Waals surface area contributed by atoms with Crippen LogP contribution < -0.4 is 0 Å². The summed E-state index contributed by atoms with van der Waals surface area (Å²) in [6.45, 7) is 0. The lowest BCUT2D eigenvalue weighted by molar-refractivity contribution is -0.141. The minimum Gasteiger partial charge on any atom is -0.481 e. The zero-order valence-corrected chi connectivity index (χ0v) is 6.41. The van der Waals surface area contributed by atoms with E-state index in [0.29, 0.717) is 12.8 Å². The van der Waals surface area contributed by atoms with Crippen LogP contribution in [0.25, 0.3) is 0 Å². The maximum atomic E-state index is 10.5. The molecule has 1 rings (SSSR count). The van der Waals surface area contributed by atoms with Crippen molar-refractivity contribution in [3.8, 4) is 0 Å². The van der Waals surface area contributed by atoms with Crippen LogP contribution in [-0.4, -0.2) is 23.9 Å². The first kappa shape index (κ1) is 8.04. The third-order valence-electron chi connectivity index (χ3n) is 1.83. The summed E-state index contributed by atoms with van der Waals surface area (Å²) in [5.74, 6) is -0.977. The van der Waals surface area contributed by atoms with E-state index < -0.39 is 5.97 Å². The molecule has 1 aliphatic rings.